The molecular formula is C30H40O8S2. The average Bonchev–Trinajstić information content (AvgIpc) is 2.96. The van der Waals surface area contributed by atoms with Crippen LogP contribution in [0.5, 0.6) is 11.5 Å². The maximum Gasteiger partial charge on any atom is 0.349 e. The second kappa shape index (κ2) is 15.6. The quantitative estimate of drug-likeness (QED) is 0.217. The highest BCUT2D eigenvalue weighted by molar-refractivity contribution is 7.99. The maximum absolute atomic E-state index is 12.3. The van der Waals surface area contributed by atoms with Crippen LogP contribution in [0, 0.1) is 0 Å². The van der Waals surface area contributed by atoms with Gasteiger partial charge in [0.25, 0.3) is 0 Å². The summed E-state index contributed by atoms with van der Waals surface area (Å²) in [6.45, 7) is 6.31. The van der Waals surface area contributed by atoms with Crippen LogP contribution in [0.15, 0.2) is 48.5 Å². The summed E-state index contributed by atoms with van der Waals surface area (Å²) in [5.74, 6) is 1.81. The summed E-state index contributed by atoms with van der Waals surface area (Å²) in [6, 6.07) is 15.8. The molecule has 0 aromatic heterocycles. The Morgan fingerprint density at radius 3 is 1.90 bits per heavy atom. The minimum atomic E-state index is -0.990. The van der Waals surface area contributed by atoms with Gasteiger partial charge in [0.1, 0.15) is 18.1 Å². The summed E-state index contributed by atoms with van der Waals surface area (Å²) in [5.41, 5.74) is 2.09. The highest BCUT2D eigenvalue weighted by Gasteiger charge is 2.38. The Labute approximate surface area is 245 Å². The molecule has 1 saturated heterocycles. The Morgan fingerprint density at radius 1 is 0.850 bits per heavy atom. The monoisotopic (exact) mass is 592 g/mol. The Kier molecular flexibility index (Phi) is 12.5. The molecule has 2 N–H and O–H groups in total. The molecule has 4 atom stereocenters. The van der Waals surface area contributed by atoms with Crippen molar-refractivity contribution in [2.75, 3.05) is 36.7 Å². The average molecular weight is 593 g/mol. The zero-order valence-electron chi connectivity index (χ0n) is 23.5. The summed E-state index contributed by atoms with van der Waals surface area (Å²) in [5, 5.41) is 20.0. The van der Waals surface area contributed by atoms with E-state index < -0.39 is 30.3 Å². The van der Waals surface area contributed by atoms with Crippen LogP contribution < -0.4 is 9.47 Å². The van der Waals surface area contributed by atoms with Crippen molar-refractivity contribution in [3.05, 3.63) is 59.7 Å². The molecule has 0 aliphatic carbocycles. The van der Waals surface area contributed by atoms with Crippen LogP contribution >= 0.6 is 23.5 Å². The first kappa shape index (κ1) is 32.1. The topological polar surface area (TPSA) is 112 Å². The molecule has 0 spiro atoms. The lowest BCUT2D eigenvalue weighted by Gasteiger charge is -2.27. The molecule has 220 valence electrons. The first-order chi connectivity index (χ1) is 19.1. The number of cyclic esters (lactones) is 2. The number of hydrogen-bond acceptors (Lipinski definition) is 10. The Morgan fingerprint density at radius 2 is 1.38 bits per heavy atom. The third-order valence-electron chi connectivity index (χ3n) is 6.79. The predicted octanol–water partition coefficient (Wildman–Crippen LogP) is 4.23. The SMILES string of the molecule is CCC(O)CCSCC1OC(=O)C(CSCC(O)COc2ccc(C(C)(C)c3ccc(OC)cc3)cc2)OC1=O. The number of methoxy groups -OCH3 is 1. The van der Waals surface area contributed by atoms with Crippen LogP contribution in [-0.2, 0) is 24.5 Å². The van der Waals surface area contributed by atoms with Crippen LogP contribution in [0.4, 0.5) is 0 Å². The van der Waals surface area contributed by atoms with Gasteiger partial charge in [-0.25, -0.2) is 9.59 Å². The van der Waals surface area contributed by atoms with Crippen molar-refractivity contribution in [3.63, 3.8) is 0 Å². The molecule has 3 rings (SSSR count). The molecule has 1 heterocycles. The zero-order chi connectivity index (χ0) is 29.1. The summed E-state index contributed by atoms with van der Waals surface area (Å²) in [7, 11) is 1.65. The zero-order valence-corrected chi connectivity index (χ0v) is 25.2. The fraction of sp³-hybridized carbons (Fsp3) is 0.533. The minimum Gasteiger partial charge on any atom is -0.497 e. The van der Waals surface area contributed by atoms with Crippen molar-refractivity contribution < 1.29 is 38.7 Å². The van der Waals surface area contributed by atoms with E-state index in [-0.39, 0.29) is 23.9 Å². The normalized spacial score (nSPS) is 18.9. The molecule has 40 heavy (non-hydrogen) atoms. The Bertz CT molecular complexity index is 1070. The number of ether oxygens (including phenoxy) is 4. The number of aliphatic hydroxyl groups is 2. The van der Waals surface area contributed by atoms with E-state index in [9.17, 15) is 19.8 Å². The van der Waals surface area contributed by atoms with Crippen LogP contribution in [0.2, 0.25) is 0 Å². The van der Waals surface area contributed by atoms with Gasteiger partial charge >= 0.3 is 11.9 Å². The van der Waals surface area contributed by atoms with Gasteiger partial charge in [-0.15, -0.1) is 0 Å². The number of hydrogen-bond donors (Lipinski definition) is 2. The summed E-state index contributed by atoms with van der Waals surface area (Å²) in [4.78, 5) is 24.5. The van der Waals surface area contributed by atoms with Crippen molar-refractivity contribution in [1.82, 2.24) is 0 Å². The van der Waals surface area contributed by atoms with Crippen LogP contribution in [0.25, 0.3) is 0 Å². The van der Waals surface area contributed by atoms with Crippen molar-refractivity contribution >= 4 is 35.5 Å². The summed E-state index contributed by atoms with van der Waals surface area (Å²) < 4.78 is 21.6. The van der Waals surface area contributed by atoms with Crippen LogP contribution in [-0.4, -0.2) is 83.3 Å². The summed E-state index contributed by atoms with van der Waals surface area (Å²) in [6.07, 6.45) is -1.74. The summed E-state index contributed by atoms with van der Waals surface area (Å²) >= 11 is 2.74. The number of aliphatic hydroxyl groups excluding tert-OH is 2. The van der Waals surface area contributed by atoms with Crippen LogP contribution in [0.3, 0.4) is 0 Å². The molecular weight excluding hydrogens is 552 g/mol. The fourth-order valence-corrected chi connectivity index (χ4v) is 5.99. The van der Waals surface area contributed by atoms with Gasteiger partial charge in [0.2, 0.25) is 12.2 Å². The van der Waals surface area contributed by atoms with E-state index in [4.69, 9.17) is 18.9 Å². The van der Waals surface area contributed by atoms with Crippen molar-refractivity contribution in [2.24, 2.45) is 0 Å². The first-order valence-corrected chi connectivity index (χ1v) is 15.8. The molecule has 0 saturated carbocycles. The van der Waals surface area contributed by atoms with Gasteiger partial charge < -0.3 is 29.2 Å². The second-order valence-electron chi connectivity index (χ2n) is 10.2. The second-order valence-corrected chi connectivity index (χ2v) is 12.4. The molecule has 1 aliphatic heterocycles. The van der Waals surface area contributed by atoms with Crippen LogP contribution in [0.1, 0.15) is 44.7 Å². The third kappa shape index (κ3) is 9.33. The molecule has 0 radical (unpaired) electrons. The number of benzene rings is 2. The lowest BCUT2D eigenvalue weighted by Crippen LogP contribution is -2.46. The molecule has 10 heteroatoms. The van der Waals surface area contributed by atoms with Gasteiger partial charge in [-0.05, 0) is 54.0 Å². The molecule has 0 bridgehead atoms. The lowest BCUT2D eigenvalue weighted by atomic mass is 9.78. The number of rotatable bonds is 16. The smallest absolute Gasteiger partial charge is 0.349 e. The number of carbonyl (C=O) groups is 2. The standard InChI is InChI=1S/C30H40O8S2/c1-5-22(31)14-15-39-18-26-28(33)38-27(29(34)37-26)19-40-17-23(32)16-36-25-12-8-21(9-13-25)30(2,3)20-6-10-24(35-4)11-7-20/h6-13,22-23,26-27,31-32H,5,14-19H2,1-4H3. The molecule has 1 fully saturated rings. The highest BCUT2D eigenvalue weighted by atomic mass is 32.2. The van der Waals surface area contributed by atoms with E-state index >= 15 is 0 Å². The van der Waals surface area contributed by atoms with E-state index in [1.165, 1.54) is 29.1 Å². The first-order valence-electron chi connectivity index (χ1n) is 13.4. The number of esters is 2. The van der Waals surface area contributed by atoms with Gasteiger partial charge in [-0.3, -0.25) is 0 Å². The number of thioether (sulfide) groups is 2. The predicted molar refractivity (Wildman–Crippen MR) is 158 cm³/mol. The Balaban J connectivity index is 1.37. The van der Waals surface area contributed by atoms with Crippen molar-refractivity contribution in [2.45, 2.75) is 63.4 Å². The highest BCUT2D eigenvalue weighted by Crippen LogP contribution is 2.33. The van der Waals surface area contributed by atoms with Gasteiger partial charge in [-0.2, -0.15) is 23.5 Å². The van der Waals surface area contributed by atoms with Gasteiger partial charge in [0, 0.05) is 22.7 Å². The fourth-order valence-electron chi connectivity index (χ4n) is 4.04. The van der Waals surface area contributed by atoms with Crippen molar-refractivity contribution in [1.29, 1.82) is 0 Å². The maximum atomic E-state index is 12.3. The van der Waals surface area contributed by atoms with Gasteiger partial charge in [-0.1, -0.05) is 45.0 Å². The number of carbonyl (C=O) groups excluding carboxylic acids is 2. The van der Waals surface area contributed by atoms with Gasteiger partial charge in [0.05, 0.1) is 19.3 Å². The van der Waals surface area contributed by atoms with E-state index in [0.29, 0.717) is 35.8 Å². The van der Waals surface area contributed by atoms with E-state index in [1.54, 1.807) is 7.11 Å². The third-order valence-corrected chi connectivity index (χ3v) is 9.01. The Hall–Kier alpha value is -2.40. The van der Waals surface area contributed by atoms with Crippen molar-refractivity contribution in [3.8, 4) is 11.5 Å². The molecule has 1 aliphatic rings. The molecule has 8 nitrogen and oxygen atoms in total. The lowest BCUT2D eigenvalue weighted by molar-refractivity contribution is -0.190. The largest absolute Gasteiger partial charge is 0.497 e. The minimum absolute atomic E-state index is 0.0924. The van der Waals surface area contributed by atoms with E-state index in [2.05, 4.69) is 26.0 Å². The molecule has 4 unspecified atom stereocenters. The van der Waals surface area contributed by atoms with E-state index in [1.807, 2.05) is 43.3 Å². The molecule has 0 amide bonds. The molecule has 2 aromatic carbocycles. The van der Waals surface area contributed by atoms with E-state index in [0.717, 1.165) is 11.3 Å². The van der Waals surface area contributed by atoms with Gasteiger partial charge in [0.15, 0.2) is 0 Å². The molecule has 2 aromatic rings.